The Morgan fingerprint density at radius 2 is 1.56 bits per heavy atom. The first-order valence-electron chi connectivity index (χ1n) is 13.0. The Labute approximate surface area is 228 Å². The van der Waals surface area contributed by atoms with Crippen molar-refractivity contribution >= 4 is 12.1 Å². The number of H-pyrrole nitrogens is 1. The number of tetrazole rings is 1. The third-order valence-electron chi connectivity index (χ3n) is 6.23. The average Bonchev–Trinajstić information content (AvgIpc) is 3.50. The molecule has 202 valence electrons. The van der Waals surface area contributed by atoms with Crippen LogP contribution >= 0.6 is 0 Å². The lowest BCUT2D eigenvalue weighted by Crippen LogP contribution is -2.48. The highest BCUT2D eigenvalue weighted by atomic mass is 16.6. The van der Waals surface area contributed by atoms with E-state index in [9.17, 15) is 9.59 Å². The van der Waals surface area contributed by atoms with Crippen LogP contribution in [0.2, 0.25) is 0 Å². The van der Waals surface area contributed by atoms with Crippen LogP contribution in [-0.2, 0) is 27.4 Å². The molecule has 0 saturated heterocycles. The largest absolute Gasteiger partial charge is 0.459 e. The van der Waals surface area contributed by atoms with Crippen molar-refractivity contribution in [1.29, 1.82) is 0 Å². The van der Waals surface area contributed by atoms with E-state index in [0.29, 0.717) is 12.2 Å². The maximum atomic E-state index is 13.3. The number of carbonyl (C=O) groups excluding carboxylic acids is 2. The topological polar surface area (TPSA) is 110 Å². The molecule has 1 atom stereocenters. The number of hydrogen-bond acceptors (Lipinski definition) is 7. The number of nitrogens with zero attached hydrogens (tertiary/aromatic N) is 4. The predicted octanol–water partition coefficient (Wildman–Crippen LogP) is 5.65. The van der Waals surface area contributed by atoms with Crippen LogP contribution in [0.3, 0.4) is 0 Å². The van der Waals surface area contributed by atoms with E-state index in [2.05, 4.69) is 20.6 Å². The van der Waals surface area contributed by atoms with Gasteiger partial charge in [-0.25, -0.2) is 9.59 Å². The van der Waals surface area contributed by atoms with Gasteiger partial charge in [-0.15, -0.1) is 10.2 Å². The molecule has 4 rings (SSSR count). The van der Waals surface area contributed by atoms with Gasteiger partial charge in [0.15, 0.2) is 0 Å². The first kappa shape index (κ1) is 27.5. The van der Waals surface area contributed by atoms with Crippen molar-refractivity contribution in [3.05, 3.63) is 90.0 Å². The predicted molar refractivity (Wildman–Crippen MR) is 147 cm³/mol. The third kappa shape index (κ3) is 7.07. The Balaban J connectivity index is 1.56. The monoisotopic (exact) mass is 527 g/mol. The number of carbonyl (C=O) groups is 2. The zero-order valence-corrected chi connectivity index (χ0v) is 22.4. The zero-order valence-electron chi connectivity index (χ0n) is 22.4. The standard InChI is InChI=1S/C30H33N5O4/c1-4-18-38-30(37)35(27(21(2)3)29(36)39-20-23-10-6-5-7-11-23)19-22-14-16-24(17-15-22)25-12-8-9-13-26(25)28-31-33-34-32-28/h5-17,21,27H,4,18-20H2,1-3H3,(H,31,32,33,34)/t27-/m0/s1. The van der Waals surface area contributed by atoms with Crippen LogP contribution in [-0.4, -0.2) is 50.2 Å². The number of ether oxygens (including phenoxy) is 2. The maximum Gasteiger partial charge on any atom is 0.410 e. The molecule has 3 aromatic carbocycles. The molecule has 9 nitrogen and oxygen atoms in total. The van der Waals surface area contributed by atoms with E-state index in [1.807, 2.05) is 99.6 Å². The maximum absolute atomic E-state index is 13.3. The molecule has 0 radical (unpaired) electrons. The smallest absolute Gasteiger partial charge is 0.410 e. The zero-order chi connectivity index (χ0) is 27.6. The summed E-state index contributed by atoms with van der Waals surface area (Å²) in [6, 6.07) is 24.3. The summed E-state index contributed by atoms with van der Waals surface area (Å²) >= 11 is 0. The van der Waals surface area contributed by atoms with Gasteiger partial charge in [0.05, 0.1) is 6.61 Å². The highest BCUT2D eigenvalue weighted by molar-refractivity contribution is 5.82. The summed E-state index contributed by atoms with van der Waals surface area (Å²) in [6.07, 6.45) is 0.137. The molecule has 0 saturated carbocycles. The molecule has 0 unspecified atom stereocenters. The van der Waals surface area contributed by atoms with E-state index in [4.69, 9.17) is 9.47 Å². The number of aromatic nitrogens is 4. The molecule has 0 spiro atoms. The quantitative estimate of drug-likeness (QED) is 0.251. The van der Waals surface area contributed by atoms with E-state index in [-0.39, 0.29) is 25.7 Å². The second kappa shape index (κ2) is 13.3. The fourth-order valence-corrected chi connectivity index (χ4v) is 4.31. The summed E-state index contributed by atoms with van der Waals surface area (Å²) < 4.78 is 11.1. The lowest BCUT2D eigenvalue weighted by atomic mass is 9.97. The average molecular weight is 528 g/mol. The van der Waals surface area contributed by atoms with Gasteiger partial charge in [0.25, 0.3) is 0 Å². The molecule has 0 aliphatic heterocycles. The van der Waals surface area contributed by atoms with Crippen molar-refractivity contribution in [2.24, 2.45) is 5.92 Å². The molecule has 0 bridgehead atoms. The van der Waals surface area contributed by atoms with Crippen LogP contribution in [0.5, 0.6) is 0 Å². The minimum atomic E-state index is -0.809. The number of aromatic amines is 1. The highest BCUT2D eigenvalue weighted by Gasteiger charge is 2.35. The van der Waals surface area contributed by atoms with E-state index < -0.39 is 18.1 Å². The number of rotatable bonds is 11. The normalized spacial score (nSPS) is 11.7. The molecule has 0 aliphatic carbocycles. The highest BCUT2D eigenvalue weighted by Crippen LogP contribution is 2.30. The fourth-order valence-electron chi connectivity index (χ4n) is 4.31. The van der Waals surface area contributed by atoms with Crippen LogP contribution in [0.15, 0.2) is 78.9 Å². The second-order valence-electron chi connectivity index (χ2n) is 9.50. The van der Waals surface area contributed by atoms with Gasteiger partial charge in [-0.3, -0.25) is 4.90 Å². The van der Waals surface area contributed by atoms with Crippen LogP contribution in [0.25, 0.3) is 22.5 Å². The van der Waals surface area contributed by atoms with Crippen molar-refractivity contribution in [3.63, 3.8) is 0 Å². The fraction of sp³-hybridized carbons (Fsp3) is 0.300. The number of amides is 1. The Hall–Kier alpha value is -4.53. The Kier molecular flexibility index (Phi) is 9.39. The molecular formula is C30H33N5O4. The lowest BCUT2D eigenvalue weighted by Gasteiger charge is -2.32. The molecule has 1 aromatic heterocycles. The van der Waals surface area contributed by atoms with E-state index >= 15 is 0 Å². The van der Waals surface area contributed by atoms with Crippen LogP contribution in [0.4, 0.5) is 4.79 Å². The Bertz CT molecular complexity index is 1340. The first-order valence-corrected chi connectivity index (χ1v) is 13.0. The molecule has 1 heterocycles. The van der Waals surface area contributed by atoms with Crippen LogP contribution in [0, 0.1) is 5.92 Å². The van der Waals surface area contributed by atoms with Crippen molar-refractivity contribution in [2.45, 2.75) is 46.4 Å². The van der Waals surface area contributed by atoms with E-state index in [1.165, 1.54) is 4.90 Å². The van der Waals surface area contributed by atoms with Gasteiger partial charge in [0, 0.05) is 12.1 Å². The van der Waals surface area contributed by atoms with Gasteiger partial charge in [-0.05, 0) is 39.8 Å². The summed E-state index contributed by atoms with van der Waals surface area (Å²) in [5, 5.41) is 14.4. The number of nitrogens with one attached hydrogen (secondary N) is 1. The minimum absolute atomic E-state index is 0.134. The minimum Gasteiger partial charge on any atom is -0.459 e. The van der Waals surface area contributed by atoms with E-state index in [0.717, 1.165) is 27.8 Å². The Morgan fingerprint density at radius 3 is 2.21 bits per heavy atom. The third-order valence-corrected chi connectivity index (χ3v) is 6.23. The second-order valence-corrected chi connectivity index (χ2v) is 9.50. The molecular weight excluding hydrogens is 494 g/mol. The number of esters is 1. The molecule has 9 heteroatoms. The van der Waals surface area contributed by atoms with Gasteiger partial charge in [0.2, 0.25) is 5.82 Å². The van der Waals surface area contributed by atoms with E-state index in [1.54, 1.807) is 0 Å². The van der Waals surface area contributed by atoms with Gasteiger partial charge < -0.3 is 9.47 Å². The van der Waals surface area contributed by atoms with Crippen molar-refractivity contribution in [1.82, 2.24) is 25.5 Å². The van der Waals surface area contributed by atoms with Crippen LogP contribution < -0.4 is 0 Å². The number of benzene rings is 3. The van der Waals surface area contributed by atoms with Gasteiger partial charge >= 0.3 is 12.1 Å². The molecule has 0 fully saturated rings. The summed E-state index contributed by atoms with van der Waals surface area (Å²) in [5.74, 6) is -0.148. The summed E-state index contributed by atoms with van der Waals surface area (Å²) in [5.41, 5.74) is 4.50. The molecule has 1 amide bonds. The molecule has 1 N–H and O–H groups in total. The van der Waals surface area contributed by atoms with Crippen molar-refractivity contribution in [2.75, 3.05) is 6.61 Å². The summed E-state index contributed by atoms with van der Waals surface area (Å²) in [4.78, 5) is 27.9. The SMILES string of the molecule is CCCOC(=O)N(Cc1ccc(-c2ccccc2-c2nn[nH]n2)cc1)[C@H](C(=O)OCc1ccccc1)C(C)C. The summed E-state index contributed by atoms with van der Waals surface area (Å²) in [7, 11) is 0. The van der Waals surface area contributed by atoms with Crippen molar-refractivity contribution < 1.29 is 19.1 Å². The molecule has 4 aromatic rings. The molecule has 39 heavy (non-hydrogen) atoms. The van der Waals surface area contributed by atoms with Gasteiger partial charge in [0.1, 0.15) is 12.6 Å². The van der Waals surface area contributed by atoms with Crippen molar-refractivity contribution in [3.8, 4) is 22.5 Å². The lowest BCUT2D eigenvalue weighted by molar-refractivity contribution is -0.152. The molecule has 0 aliphatic rings. The van der Waals surface area contributed by atoms with Crippen LogP contribution in [0.1, 0.15) is 38.3 Å². The van der Waals surface area contributed by atoms with Gasteiger partial charge in [-0.1, -0.05) is 99.6 Å². The first-order chi connectivity index (χ1) is 19.0. The summed E-state index contributed by atoms with van der Waals surface area (Å²) in [6.45, 7) is 6.31. The van der Waals surface area contributed by atoms with Gasteiger partial charge in [-0.2, -0.15) is 5.21 Å². The Morgan fingerprint density at radius 1 is 0.872 bits per heavy atom. The number of hydrogen-bond donors (Lipinski definition) is 1.